The van der Waals surface area contributed by atoms with Crippen molar-refractivity contribution >= 4 is 21.6 Å². The van der Waals surface area contributed by atoms with Crippen LogP contribution in [0.1, 0.15) is 36.2 Å². The van der Waals surface area contributed by atoms with Crippen molar-refractivity contribution in [1.82, 2.24) is 5.32 Å². The Labute approximate surface area is 156 Å². The van der Waals surface area contributed by atoms with Gasteiger partial charge < -0.3 is 5.32 Å². The fourth-order valence-electron chi connectivity index (χ4n) is 2.51. The smallest absolute Gasteiger partial charge is 0.264 e. The summed E-state index contributed by atoms with van der Waals surface area (Å²) >= 11 is 0. The molecule has 0 saturated carbocycles. The summed E-state index contributed by atoms with van der Waals surface area (Å²) in [7, 11) is -2.28. The summed E-state index contributed by atoms with van der Waals surface area (Å²) in [5.74, 6) is 0.210. The highest BCUT2D eigenvalue weighted by Gasteiger charge is 2.24. The van der Waals surface area contributed by atoms with E-state index in [-0.39, 0.29) is 10.8 Å². The molecule has 0 bridgehead atoms. The highest BCUT2D eigenvalue weighted by molar-refractivity contribution is 7.92. The molecule has 0 aliphatic carbocycles. The summed E-state index contributed by atoms with van der Waals surface area (Å²) < 4.78 is 27.0. The highest BCUT2D eigenvalue weighted by atomic mass is 32.2. The molecule has 0 heterocycles. The zero-order valence-electron chi connectivity index (χ0n) is 15.7. The molecule has 1 amide bonds. The number of rotatable bonds is 7. The van der Waals surface area contributed by atoms with Crippen molar-refractivity contribution in [2.75, 3.05) is 17.9 Å². The van der Waals surface area contributed by atoms with Crippen molar-refractivity contribution < 1.29 is 13.2 Å². The maximum absolute atomic E-state index is 12.9. The Hall–Kier alpha value is -2.34. The molecule has 26 heavy (non-hydrogen) atoms. The number of anilines is 1. The van der Waals surface area contributed by atoms with Crippen molar-refractivity contribution in [2.45, 2.75) is 32.1 Å². The first-order chi connectivity index (χ1) is 12.2. The van der Waals surface area contributed by atoms with E-state index >= 15 is 0 Å². The number of sulfonamides is 1. The number of benzene rings is 2. The Morgan fingerprint density at radius 3 is 2.31 bits per heavy atom. The molecule has 0 fully saturated rings. The van der Waals surface area contributed by atoms with Crippen molar-refractivity contribution in [3.63, 3.8) is 0 Å². The number of hydrogen-bond acceptors (Lipinski definition) is 3. The first-order valence-corrected chi connectivity index (χ1v) is 10.1. The number of hydrogen-bond donors (Lipinski definition) is 1. The Bertz CT molecular complexity index is 859. The highest BCUT2D eigenvalue weighted by Crippen LogP contribution is 2.25. The van der Waals surface area contributed by atoms with Gasteiger partial charge in [-0.3, -0.25) is 9.10 Å². The molecule has 0 spiro atoms. The first-order valence-electron chi connectivity index (χ1n) is 8.66. The van der Waals surface area contributed by atoms with Crippen LogP contribution >= 0.6 is 0 Å². The summed E-state index contributed by atoms with van der Waals surface area (Å²) in [4.78, 5) is 12.7. The fourth-order valence-corrected chi connectivity index (χ4v) is 3.72. The molecule has 0 aliphatic heterocycles. The van der Waals surface area contributed by atoms with E-state index in [0.29, 0.717) is 23.7 Å². The van der Waals surface area contributed by atoms with Crippen LogP contribution in [0.2, 0.25) is 0 Å². The van der Waals surface area contributed by atoms with Gasteiger partial charge >= 0.3 is 0 Å². The molecule has 5 nitrogen and oxygen atoms in total. The quantitative estimate of drug-likeness (QED) is 0.805. The van der Waals surface area contributed by atoms with Crippen LogP contribution in [0, 0.1) is 12.8 Å². The lowest BCUT2D eigenvalue weighted by Crippen LogP contribution is -2.31. The number of carbonyl (C=O) groups is 1. The molecular formula is C20H26N2O3S. The minimum Gasteiger partial charge on any atom is -0.352 e. The maximum atomic E-state index is 12.9. The van der Waals surface area contributed by atoms with Crippen LogP contribution in [0.4, 0.5) is 5.69 Å². The molecule has 0 radical (unpaired) electrons. The van der Waals surface area contributed by atoms with Gasteiger partial charge in [0.25, 0.3) is 15.9 Å². The minimum absolute atomic E-state index is 0.195. The van der Waals surface area contributed by atoms with Crippen molar-refractivity contribution in [2.24, 2.45) is 5.92 Å². The van der Waals surface area contributed by atoms with Crippen molar-refractivity contribution in [1.29, 1.82) is 0 Å². The van der Waals surface area contributed by atoms with E-state index in [1.807, 2.05) is 6.92 Å². The average molecular weight is 375 g/mol. The van der Waals surface area contributed by atoms with Gasteiger partial charge in [0.1, 0.15) is 0 Å². The van der Waals surface area contributed by atoms with Gasteiger partial charge in [-0.2, -0.15) is 0 Å². The molecule has 0 saturated heterocycles. The van der Waals surface area contributed by atoms with Gasteiger partial charge in [0, 0.05) is 13.6 Å². The van der Waals surface area contributed by atoms with Crippen LogP contribution in [0.5, 0.6) is 0 Å². The van der Waals surface area contributed by atoms with Crippen molar-refractivity contribution in [3.8, 4) is 0 Å². The predicted octanol–water partition coefficient (Wildman–Crippen LogP) is 3.60. The normalized spacial score (nSPS) is 11.4. The lowest BCUT2D eigenvalue weighted by molar-refractivity contribution is 0.0952. The van der Waals surface area contributed by atoms with E-state index in [1.54, 1.807) is 48.5 Å². The number of carbonyl (C=O) groups excluding carboxylic acids is 1. The van der Waals surface area contributed by atoms with Crippen LogP contribution in [-0.2, 0) is 10.0 Å². The summed E-state index contributed by atoms with van der Waals surface area (Å²) in [6.45, 7) is 6.63. The molecule has 2 aromatic carbocycles. The second-order valence-corrected chi connectivity index (χ2v) is 8.71. The SMILES string of the molecule is Cc1ccc(S(=O)(=O)N(C)c2ccccc2C(=O)NCCC(C)C)cc1. The van der Waals surface area contributed by atoms with E-state index < -0.39 is 10.0 Å². The summed E-state index contributed by atoms with van der Waals surface area (Å²) in [6, 6.07) is 13.4. The van der Waals surface area contributed by atoms with Gasteiger partial charge in [0.05, 0.1) is 16.1 Å². The number of para-hydroxylation sites is 1. The Morgan fingerprint density at radius 1 is 1.08 bits per heavy atom. The second kappa shape index (κ2) is 8.36. The van der Waals surface area contributed by atoms with Crippen LogP contribution in [0.15, 0.2) is 53.4 Å². The zero-order chi connectivity index (χ0) is 19.3. The third-order valence-corrected chi connectivity index (χ3v) is 5.96. The summed E-state index contributed by atoms with van der Waals surface area (Å²) in [5, 5.41) is 2.86. The Kier molecular flexibility index (Phi) is 6.42. The van der Waals surface area contributed by atoms with Crippen LogP contribution < -0.4 is 9.62 Å². The zero-order valence-corrected chi connectivity index (χ0v) is 16.5. The van der Waals surface area contributed by atoms with Gasteiger partial charge in [0.2, 0.25) is 0 Å². The Balaban J connectivity index is 2.30. The van der Waals surface area contributed by atoms with Gasteiger partial charge in [-0.15, -0.1) is 0 Å². The van der Waals surface area contributed by atoms with E-state index in [4.69, 9.17) is 0 Å². The van der Waals surface area contributed by atoms with Gasteiger partial charge in [0.15, 0.2) is 0 Å². The number of nitrogens with zero attached hydrogens (tertiary/aromatic N) is 1. The monoisotopic (exact) mass is 374 g/mol. The van der Waals surface area contributed by atoms with Crippen LogP contribution in [0.25, 0.3) is 0 Å². The van der Waals surface area contributed by atoms with E-state index in [0.717, 1.165) is 16.3 Å². The van der Waals surface area contributed by atoms with Gasteiger partial charge in [-0.05, 0) is 43.5 Å². The topological polar surface area (TPSA) is 66.5 Å². The van der Waals surface area contributed by atoms with Crippen molar-refractivity contribution in [3.05, 3.63) is 59.7 Å². The van der Waals surface area contributed by atoms with Crippen LogP contribution in [0.3, 0.4) is 0 Å². The molecule has 0 aromatic heterocycles. The molecule has 2 aromatic rings. The average Bonchev–Trinajstić information content (AvgIpc) is 2.61. The number of amides is 1. The molecule has 140 valence electrons. The minimum atomic E-state index is -3.75. The van der Waals surface area contributed by atoms with E-state index in [2.05, 4.69) is 19.2 Å². The molecule has 0 aliphatic rings. The molecule has 1 N–H and O–H groups in total. The molecule has 2 rings (SSSR count). The van der Waals surface area contributed by atoms with Crippen LogP contribution in [-0.4, -0.2) is 27.9 Å². The van der Waals surface area contributed by atoms with E-state index in [9.17, 15) is 13.2 Å². The lowest BCUT2D eigenvalue weighted by atomic mass is 10.1. The molecule has 0 unspecified atom stereocenters. The number of aryl methyl sites for hydroxylation is 1. The van der Waals surface area contributed by atoms with Gasteiger partial charge in [-0.25, -0.2) is 8.42 Å². The Morgan fingerprint density at radius 2 is 1.69 bits per heavy atom. The maximum Gasteiger partial charge on any atom is 0.264 e. The standard InChI is InChI=1S/C20H26N2O3S/c1-15(2)13-14-21-20(23)18-7-5-6-8-19(18)22(4)26(24,25)17-11-9-16(3)10-12-17/h5-12,15H,13-14H2,1-4H3,(H,21,23). The van der Waals surface area contributed by atoms with Gasteiger partial charge in [-0.1, -0.05) is 43.7 Å². The fraction of sp³-hybridized carbons (Fsp3) is 0.350. The largest absolute Gasteiger partial charge is 0.352 e. The number of nitrogens with one attached hydrogen (secondary N) is 1. The third kappa shape index (κ3) is 4.64. The van der Waals surface area contributed by atoms with E-state index in [1.165, 1.54) is 7.05 Å². The summed E-state index contributed by atoms with van der Waals surface area (Å²) in [6.07, 6.45) is 0.866. The molecular weight excluding hydrogens is 348 g/mol. The predicted molar refractivity (Wildman–Crippen MR) is 105 cm³/mol. The molecule has 6 heteroatoms. The second-order valence-electron chi connectivity index (χ2n) is 6.74. The molecule has 0 atom stereocenters. The summed E-state index contributed by atoms with van der Waals surface area (Å²) in [5.41, 5.74) is 1.68. The first kappa shape index (κ1) is 20.0. The lowest BCUT2D eigenvalue weighted by Gasteiger charge is -2.22. The third-order valence-electron chi connectivity index (χ3n) is 4.17.